The van der Waals surface area contributed by atoms with Crippen molar-refractivity contribution in [1.29, 1.82) is 0 Å². The van der Waals surface area contributed by atoms with Gasteiger partial charge in [-0.2, -0.15) is 0 Å². The largest absolute Gasteiger partial charge is 0.382 e. The van der Waals surface area contributed by atoms with Gasteiger partial charge in [0.05, 0.1) is 12.4 Å². The number of rotatable bonds is 11. The fraction of sp³-hybridized carbons (Fsp3) is 0.640. The fourth-order valence-corrected chi connectivity index (χ4v) is 4.41. The molecule has 2 aromatic heterocycles. The van der Waals surface area contributed by atoms with Crippen LogP contribution in [0.5, 0.6) is 0 Å². The Morgan fingerprint density at radius 1 is 1.08 bits per heavy atom. The maximum Gasteiger partial charge on any atom is 0.318 e. The lowest BCUT2D eigenvalue weighted by Crippen LogP contribution is -2.57. The van der Waals surface area contributed by atoms with Crippen LogP contribution in [0.25, 0.3) is 11.2 Å². The number of fused-ring (bicyclic) bond motifs is 1. The van der Waals surface area contributed by atoms with Gasteiger partial charge in [0.1, 0.15) is 17.4 Å². The number of aromatic nitrogens is 4. The number of piperidine rings is 1. The van der Waals surface area contributed by atoms with Crippen molar-refractivity contribution in [2.75, 3.05) is 25.4 Å². The number of carbonyl (C=O) groups excluding carboxylic acids is 4. The molecule has 1 fully saturated rings. The van der Waals surface area contributed by atoms with Crippen molar-refractivity contribution in [3.05, 3.63) is 12.2 Å². The summed E-state index contributed by atoms with van der Waals surface area (Å²) in [6, 6.07) is -2.10. The summed E-state index contributed by atoms with van der Waals surface area (Å²) in [6.45, 7) is 9.17. The van der Waals surface area contributed by atoms with E-state index < -0.39 is 29.7 Å². The van der Waals surface area contributed by atoms with Gasteiger partial charge < -0.3 is 31.2 Å². The van der Waals surface area contributed by atoms with Gasteiger partial charge in [-0.3, -0.25) is 14.4 Å². The van der Waals surface area contributed by atoms with E-state index in [2.05, 4.69) is 30.9 Å². The van der Waals surface area contributed by atoms with Crippen molar-refractivity contribution < 1.29 is 19.2 Å². The third-order valence-corrected chi connectivity index (χ3v) is 6.60. The Hall–Kier alpha value is -3.77. The van der Waals surface area contributed by atoms with Crippen molar-refractivity contribution in [3.8, 4) is 0 Å². The first kappa shape index (κ1) is 28.8. The van der Waals surface area contributed by atoms with Crippen molar-refractivity contribution in [2.45, 2.75) is 78.4 Å². The van der Waals surface area contributed by atoms with E-state index in [-0.39, 0.29) is 24.9 Å². The van der Waals surface area contributed by atoms with Crippen LogP contribution >= 0.6 is 0 Å². The number of aryl methyl sites for hydroxylation is 2. The molecule has 5 N–H and O–H groups in total. The molecule has 208 valence electrons. The summed E-state index contributed by atoms with van der Waals surface area (Å²) in [7, 11) is 0. The number of hydrogen-bond acceptors (Lipinski definition) is 8. The molecule has 0 saturated carbocycles. The lowest BCUT2D eigenvalue weighted by molar-refractivity contribution is -0.140. The van der Waals surface area contributed by atoms with E-state index in [0.717, 1.165) is 19.3 Å². The highest BCUT2D eigenvalue weighted by molar-refractivity contribution is 6.38. The second kappa shape index (κ2) is 13.2. The highest BCUT2D eigenvalue weighted by atomic mass is 16.2. The SMILES string of the molecule is CC[C@H](NC(=O)[C@@H](NC(=O)N1CCCCC1)C(C)C)C(=O)C(=O)NCCCn1cnc2c(N)nc(C)nc21. The van der Waals surface area contributed by atoms with Crippen LogP contribution in [0.4, 0.5) is 10.6 Å². The zero-order valence-electron chi connectivity index (χ0n) is 22.6. The molecule has 3 rings (SSSR count). The number of nitrogens with zero attached hydrogens (tertiary/aromatic N) is 5. The Morgan fingerprint density at radius 3 is 2.45 bits per heavy atom. The molecule has 1 saturated heterocycles. The molecule has 3 heterocycles. The zero-order valence-corrected chi connectivity index (χ0v) is 22.6. The van der Waals surface area contributed by atoms with Gasteiger partial charge in [0.25, 0.3) is 5.91 Å². The molecule has 1 aliphatic heterocycles. The van der Waals surface area contributed by atoms with Crippen LogP contribution in [-0.4, -0.2) is 79.8 Å². The van der Waals surface area contributed by atoms with Crippen molar-refractivity contribution in [2.24, 2.45) is 5.92 Å². The number of amides is 4. The monoisotopic (exact) mass is 529 g/mol. The molecule has 2 aromatic rings. The average Bonchev–Trinajstić information content (AvgIpc) is 3.30. The molecule has 0 aliphatic carbocycles. The molecule has 4 amide bonds. The second-order valence-corrected chi connectivity index (χ2v) is 9.93. The predicted molar refractivity (Wildman–Crippen MR) is 142 cm³/mol. The minimum absolute atomic E-state index is 0.200. The standard InChI is InChI=1S/C25H39N9O4/c1-5-17(31-23(36)18(15(2)3)32-25(38)33-11-7-6-8-12-33)20(35)24(37)27-10-9-13-34-14-28-19-21(26)29-16(4)30-22(19)34/h14-15,17-18H,5-13H2,1-4H3,(H,27,37)(H,31,36)(H,32,38)(H2,26,29,30)/t17-,18-/m0/s1. The van der Waals surface area contributed by atoms with Gasteiger partial charge in [-0.25, -0.2) is 19.7 Å². The normalized spacial score (nSPS) is 15.2. The number of nitrogens with one attached hydrogen (secondary N) is 3. The number of hydrogen-bond donors (Lipinski definition) is 4. The zero-order chi connectivity index (χ0) is 27.8. The molecule has 13 nitrogen and oxygen atoms in total. The summed E-state index contributed by atoms with van der Waals surface area (Å²) in [5.74, 6) is -1.34. The second-order valence-electron chi connectivity index (χ2n) is 9.93. The van der Waals surface area contributed by atoms with Gasteiger partial charge in [-0.1, -0.05) is 20.8 Å². The van der Waals surface area contributed by atoms with E-state index >= 15 is 0 Å². The average molecular weight is 530 g/mol. The first-order valence-electron chi connectivity index (χ1n) is 13.2. The van der Waals surface area contributed by atoms with Gasteiger partial charge in [0, 0.05) is 26.2 Å². The summed E-state index contributed by atoms with van der Waals surface area (Å²) in [5, 5.41) is 8.08. The van der Waals surface area contributed by atoms with E-state index in [0.29, 0.717) is 48.9 Å². The molecule has 0 spiro atoms. The van der Waals surface area contributed by atoms with Crippen LogP contribution < -0.4 is 21.7 Å². The number of carbonyl (C=O) groups is 4. The smallest absolute Gasteiger partial charge is 0.318 e. The minimum Gasteiger partial charge on any atom is -0.382 e. The fourth-order valence-electron chi connectivity index (χ4n) is 4.41. The van der Waals surface area contributed by atoms with Crippen LogP contribution in [0.2, 0.25) is 0 Å². The molecular formula is C25H39N9O4. The van der Waals surface area contributed by atoms with Crippen LogP contribution in [0.3, 0.4) is 0 Å². The summed E-state index contributed by atoms with van der Waals surface area (Å²) in [6.07, 6.45) is 5.34. The number of imidazole rings is 1. The van der Waals surface area contributed by atoms with E-state index in [1.807, 2.05) is 18.4 Å². The van der Waals surface area contributed by atoms with Gasteiger partial charge in [-0.15, -0.1) is 0 Å². The molecule has 0 radical (unpaired) electrons. The maximum atomic E-state index is 13.0. The Kier molecular flexibility index (Phi) is 9.97. The molecule has 2 atom stereocenters. The van der Waals surface area contributed by atoms with Gasteiger partial charge >= 0.3 is 6.03 Å². The quantitative estimate of drug-likeness (QED) is 0.245. The van der Waals surface area contributed by atoms with Crippen LogP contribution in [0.15, 0.2) is 6.33 Å². The number of nitrogen functional groups attached to an aromatic ring is 1. The third-order valence-electron chi connectivity index (χ3n) is 6.60. The van der Waals surface area contributed by atoms with E-state index in [4.69, 9.17) is 5.73 Å². The number of ketones is 1. The van der Waals surface area contributed by atoms with Crippen molar-refractivity contribution in [3.63, 3.8) is 0 Å². The lowest BCUT2D eigenvalue weighted by Gasteiger charge is -2.30. The first-order valence-corrected chi connectivity index (χ1v) is 13.2. The Balaban J connectivity index is 1.50. The Labute approximate surface area is 222 Å². The Bertz CT molecular complexity index is 1160. The highest BCUT2D eigenvalue weighted by Crippen LogP contribution is 2.16. The predicted octanol–water partition coefficient (Wildman–Crippen LogP) is 0.907. The molecule has 38 heavy (non-hydrogen) atoms. The molecule has 1 aliphatic rings. The van der Waals surface area contributed by atoms with Crippen LogP contribution in [-0.2, 0) is 20.9 Å². The van der Waals surface area contributed by atoms with E-state index in [1.54, 1.807) is 25.1 Å². The van der Waals surface area contributed by atoms with Crippen molar-refractivity contribution >= 4 is 40.6 Å². The lowest BCUT2D eigenvalue weighted by atomic mass is 10.0. The maximum absolute atomic E-state index is 13.0. The Morgan fingerprint density at radius 2 is 1.79 bits per heavy atom. The molecule has 0 aromatic carbocycles. The van der Waals surface area contributed by atoms with Crippen LogP contribution in [0, 0.1) is 12.8 Å². The summed E-state index contributed by atoms with van der Waals surface area (Å²) >= 11 is 0. The van der Waals surface area contributed by atoms with E-state index in [9.17, 15) is 19.2 Å². The molecular weight excluding hydrogens is 490 g/mol. The summed E-state index contributed by atoms with van der Waals surface area (Å²) in [4.78, 5) is 65.3. The van der Waals surface area contributed by atoms with Crippen LogP contribution in [0.1, 0.15) is 58.7 Å². The number of anilines is 1. The number of likely N-dealkylation sites (tertiary alicyclic amines) is 1. The topological polar surface area (TPSA) is 177 Å². The van der Waals surface area contributed by atoms with Crippen molar-refractivity contribution in [1.82, 2.24) is 40.4 Å². The van der Waals surface area contributed by atoms with Gasteiger partial charge in [0.15, 0.2) is 11.5 Å². The van der Waals surface area contributed by atoms with Gasteiger partial charge in [0.2, 0.25) is 11.7 Å². The minimum atomic E-state index is -0.990. The summed E-state index contributed by atoms with van der Waals surface area (Å²) in [5.41, 5.74) is 7.02. The number of urea groups is 1. The number of nitrogens with two attached hydrogens (primary N) is 1. The molecule has 0 unspecified atom stereocenters. The molecule has 0 bridgehead atoms. The first-order chi connectivity index (χ1) is 18.1. The highest BCUT2D eigenvalue weighted by Gasteiger charge is 2.31. The van der Waals surface area contributed by atoms with Gasteiger partial charge in [-0.05, 0) is 44.9 Å². The third kappa shape index (κ3) is 7.17. The summed E-state index contributed by atoms with van der Waals surface area (Å²) < 4.78 is 1.81. The number of Topliss-reactive ketones (excluding diaryl/α,β-unsaturated/α-hetero) is 1. The molecule has 13 heteroatoms. The van der Waals surface area contributed by atoms with E-state index in [1.165, 1.54) is 0 Å².